The van der Waals surface area contributed by atoms with Crippen LogP contribution >= 0.6 is 0 Å². The molecule has 2 rings (SSSR count). The average molecular weight is 490 g/mol. The van der Waals surface area contributed by atoms with Crippen LogP contribution in [0.1, 0.15) is 65.1 Å². The summed E-state index contributed by atoms with van der Waals surface area (Å²) in [4.78, 5) is 9.96. The van der Waals surface area contributed by atoms with E-state index < -0.39 is 11.7 Å². The minimum atomic E-state index is -4.42. The first-order valence-electron chi connectivity index (χ1n) is 12.1. The Balaban J connectivity index is 0.000000383. The summed E-state index contributed by atoms with van der Waals surface area (Å²) in [5.41, 5.74) is 1.76. The van der Waals surface area contributed by atoms with Gasteiger partial charge in [0.2, 0.25) is 0 Å². The van der Waals surface area contributed by atoms with Gasteiger partial charge in [-0.3, -0.25) is 0 Å². The zero-order valence-corrected chi connectivity index (χ0v) is 21.7. The topological polar surface area (TPSA) is 64.8 Å². The number of aryl methyl sites for hydroxylation is 1. The highest BCUT2D eigenvalue weighted by Crippen LogP contribution is 2.38. The monoisotopic (exact) mass is 489 g/mol. The molecule has 0 aliphatic carbocycles. The van der Waals surface area contributed by atoms with Crippen LogP contribution in [-0.4, -0.2) is 41.8 Å². The summed E-state index contributed by atoms with van der Waals surface area (Å²) in [6, 6.07) is 2.39. The van der Waals surface area contributed by atoms with Crippen LogP contribution in [0.15, 0.2) is 47.9 Å². The third-order valence-electron chi connectivity index (χ3n) is 5.37. The largest absolute Gasteiger partial charge is 0.416 e. The second kappa shape index (κ2) is 15.2. The zero-order chi connectivity index (χ0) is 26.4. The number of hydrogen-bond acceptors (Lipinski definition) is 5. The minimum Gasteiger partial charge on any atom is -0.353 e. The molecule has 1 aliphatic rings. The van der Waals surface area contributed by atoms with E-state index in [1.54, 1.807) is 6.92 Å². The normalized spacial score (nSPS) is 17.8. The van der Waals surface area contributed by atoms with Crippen LogP contribution in [0.25, 0.3) is 5.57 Å². The Kier molecular flexibility index (Phi) is 13.0. The first-order valence-corrected chi connectivity index (χ1v) is 12.1. The predicted molar refractivity (Wildman–Crippen MR) is 138 cm³/mol. The summed E-state index contributed by atoms with van der Waals surface area (Å²) in [5.74, 6) is 0.362. The Morgan fingerprint density at radius 2 is 2.03 bits per heavy atom. The molecule has 1 aromatic rings. The number of halogens is 3. The highest BCUT2D eigenvalue weighted by molar-refractivity contribution is 5.79. The first-order chi connectivity index (χ1) is 16.6. The molecule has 1 unspecified atom stereocenters. The highest BCUT2D eigenvalue weighted by atomic mass is 19.4. The standard InChI is InChI=1S/C14H19F3N4.C13H19N/c1-4-11(14(15,16)17)12-10(3)19-8-20-13(12)21-6-5-18-9(2)7-21;1-4-6-7-9-13(11-14)10-12(3)8-5-2/h4,8-9,18H,5-7H2,1-3H3;6-7,9-10H,4-5,8H2,1-3H3/b11-4+;7-6+,12-10+,13-9+. The van der Waals surface area contributed by atoms with Gasteiger partial charge in [-0.1, -0.05) is 44.1 Å². The molecule has 2 heterocycles. The summed E-state index contributed by atoms with van der Waals surface area (Å²) in [6.07, 6.45) is 9.00. The lowest BCUT2D eigenvalue weighted by Gasteiger charge is -2.34. The first kappa shape index (κ1) is 30.1. The van der Waals surface area contributed by atoms with Crippen LogP contribution < -0.4 is 10.2 Å². The van der Waals surface area contributed by atoms with Gasteiger partial charge in [0.25, 0.3) is 0 Å². The number of piperazine rings is 1. The number of nitrogens with one attached hydrogen (secondary N) is 1. The third kappa shape index (κ3) is 10.1. The van der Waals surface area contributed by atoms with Crippen molar-refractivity contribution in [3.05, 3.63) is 59.1 Å². The molecular weight excluding hydrogens is 451 g/mol. The van der Waals surface area contributed by atoms with Crippen LogP contribution in [0.3, 0.4) is 0 Å². The molecule has 5 nitrogen and oxygen atoms in total. The van der Waals surface area contributed by atoms with E-state index in [-0.39, 0.29) is 11.6 Å². The van der Waals surface area contributed by atoms with E-state index in [1.807, 2.05) is 36.1 Å². The SMILES string of the molecule is C/C=C(\c1c(C)ncnc1N1CCNC(C)C1)C(F)(F)F.CC/C=C/C=C(C#N)\C=C(/C)CCC. The maximum Gasteiger partial charge on any atom is 0.416 e. The molecule has 1 atom stereocenters. The Hall–Kier alpha value is -2.92. The molecular formula is C27H38F3N5. The molecule has 35 heavy (non-hydrogen) atoms. The summed E-state index contributed by atoms with van der Waals surface area (Å²) >= 11 is 0. The third-order valence-corrected chi connectivity index (χ3v) is 5.37. The number of aromatic nitrogens is 2. The van der Waals surface area contributed by atoms with Crippen LogP contribution in [0.5, 0.6) is 0 Å². The molecule has 1 fully saturated rings. The van der Waals surface area contributed by atoms with Crippen LogP contribution in [-0.2, 0) is 0 Å². The number of anilines is 1. The second-order valence-electron chi connectivity index (χ2n) is 8.47. The lowest BCUT2D eigenvalue weighted by Crippen LogP contribution is -2.50. The van der Waals surface area contributed by atoms with Crippen molar-refractivity contribution < 1.29 is 13.2 Å². The molecule has 1 N–H and O–H groups in total. The van der Waals surface area contributed by atoms with Gasteiger partial charge in [0, 0.05) is 25.7 Å². The number of alkyl halides is 3. The molecule has 0 bridgehead atoms. The van der Waals surface area contributed by atoms with Crippen molar-refractivity contribution in [3.63, 3.8) is 0 Å². The maximum atomic E-state index is 13.3. The fourth-order valence-corrected chi connectivity index (χ4v) is 3.75. The Labute approximate surface area is 208 Å². The van der Waals surface area contributed by atoms with Gasteiger partial charge < -0.3 is 10.2 Å². The van der Waals surface area contributed by atoms with Crippen molar-refractivity contribution in [3.8, 4) is 6.07 Å². The van der Waals surface area contributed by atoms with Crippen molar-refractivity contribution in [1.82, 2.24) is 15.3 Å². The van der Waals surface area contributed by atoms with Crippen molar-refractivity contribution >= 4 is 11.4 Å². The number of hydrogen-bond donors (Lipinski definition) is 1. The van der Waals surface area contributed by atoms with Gasteiger partial charge in [-0.25, -0.2) is 9.97 Å². The van der Waals surface area contributed by atoms with Crippen molar-refractivity contribution in [2.75, 3.05) is 24.5 Å². The van der Waals surface area contributed by atoms with Gasteiger partial charge in [0.1, 0.15) is 12.1 Å². The average Bonchev–Trinajstić information content (AvgIpc) is 2.79. The van der Waals surface area contributed by atoms with Gasteiger partial charge >= 0.3 is 6.18 Å². The Morgan fingerprint density at radius 3 is 2.57 bits per heavy atom. The van der Waals surface area contributed by atoms with Gasteiger partial charge in [0.05, 0.1) is 28.5 Å². The lowest BCUT2D eigenvalue weighted by molar-refractivity contribution is -0.0690. The fraction of sp³-hybridized carbons (Fsp3) is 0.519. The summed E-state index contributed by atoms with van der Waals surface area (Å²) in [5, 5.41) is 12.1. The molecule has 0 radical (unpaired) electrons. The molecule has 192 valence electrons. The second-order valence-corrected chi connectivity index (χ2v) is 8.47. The van der Waals surface area contributed by atoms with Crippen LogP contribution in [0, 0.1) is 18.3 Å². The maximum absolute atomic E-state index is 13.3. The molecule has 0 aromatic carbocycles. The summed E-state index contributed by atoms with van der Waals surface area (Å²) in [6.45, 7) is 13.2. The van der Waals surface area contributed by atoms with E-state index in [1.165, 1.54) is 18.8 Å². The van der Waals surface area contributed by atoms with Crippen LogP contribution in [0.2, 0.25) is 0 Å². The molecule has 0 amide bonds. The van der Waals surface area contributed by atoms with E-state index in [0.717, 1.165) is 37.5 Å². The highest BCUT2D eigenvalue weighted by Gasteiger charge is 2.38. The smallest absolute Gasteiger partial charge is 0.353 e. The van der Waals surface area contributed by atoms with Gasteiger partial charge in [-0.2, -0.15) is 18.4 Å². The van der Waals surface area contributed by atoms with Gasteiger partial charge in [-0.05, 0) is 52.7 Å². The lowest BCUT2D eigenvalue weighted by atomic mass is 10.0. The molecule has 0 spiro atoms. The van der Waals surface area contributed by atoms with Gasteiger partial charge in [-0.15, -0.1) is 0 Å². The van der Waals surface area contributed by atoms with Crippen molar-refractivity contribution in [1.29, 1.82) is 5.26 Å². The van der Waals surface area contributed by atoms with E-state index in [9.17, 15) is 13.2 Å². The fourth-order valence-electron chi connectivity index (χ4n) is 3.75. The number of allylic oxidation sites excluding steroid dienone is 8. The zero-order valence-electron chi connectivity index (χ0n) is 21.7. The van der Waals surface area contributed by atoms with Crippen molar-refractivity contribution in [2.45, 2.75) is 73.0 Å². The summed E-state index contributed by atoms with van der Waals surface area (Å²) < 4.78 is 39.8. The molecule has 1 aromatic heterocycles. The van der Waals surface area contributed by atoms with E-state index >= 15 is 0 Å². The van der Waals surface area contributed by atoms with E-state index in [2.05, 4.69) is 42.1 Å². The Bertz CT molecular complexity index is 968. The minimum absolute atomic E-state index is 0.0848. The molecule has 1 saturated heterocycles. The van der Waals surface area contributed by atoms with Crippen LogP contribution in [0.4, 0.5) is 19.0 Å². The number of rotatable bonds is 7. The Morgan fingerprint density at radius 1 is 1.31 bits per heavy atom. The van der Waals surface area contributed by atoms with E-state index in [0.29, 0.717) is 24.6 Å². The number of nitriles is 1. The summed E-state index contributed by atoms with van der Waals surface area (Å²) in [7, 11) is 0. The number of nitrogens with zero attached hydrogens (tertiary/aromatic N) is 4. The van der Waals surface area contributed by atoms with E-state index in [4.69, 9.17) is 5.26 Å². The quantitative estimate of drug-likeness (QED) is 0.341. The molecule has 0 saturated carbocycles. The molecule has 8 heteroatoms. The van der Waals surface area contributed by atoms with Gasteiger partial charge in [0.15, 0.2) is 0 Å². The predicted octanol–water partition coefficient (Wildman–Crippen LogP) is 6.70. The van der Waals surface area contributed by atoms with Crippen molar-refractivity contribution in [2.24, 2.45) is 0 Å². The molecule has 1 aliphatic heterocycles.